The highest BCUT2D eigenvalue weighted by Gasteiger charge is 2.66. The van der Waals surface area contributed by atoms with Gasteiger partial charge in [0, 0.05) is 16.7 Å². The average molecular weight is 344 g/mol. The monoisotopic (exact) mass is 344 g/mol. The number of carbonyl (C=O) groups is 1. The SMILES string of the molecule is CC(=O)[C@@]1(O)CC[C@H]2[C@@H]3C(O)=CC4=C[C@@H](O)C=C[C@]4(C)[C@H]3CC[C@@]21C. The molecule has 0 spiro atoms. The molecule has 4 aliphatic rings. The van der Waals surface area contributed by atoms with Gasteiger partial charge in [0.2, 0.25) is 0 Å². The molecule has 0 aromatic carbocycles. The fourth-order valence-electron chi connectivity index (χ4n) is 6.43. The summed E-state index contributed by atoms with van der Waals surface area (Å²) in [7, 11) is 0. The molecule has 0 aliphatic heterocycles. The summed E-state index contributed by atoms with van der Waals surface area (Å²) in [4.78, 5) is 12.2. The van der Waals surface area contributed by atoms with Crippen LogP contribution in [-0.4, -0.2) is 32.8 Å². The lowest BCUT2D eigenvalue weighted by Crippen LogP contribution is -2.56. The van der Waals surface area contributed by atoms with Gasteiger partial charge in [-0.1, -0.05) is 26.0 Å². The minimum Gasteiger partial charge on any atom is -0.512 e. The van der Waals surface area contributed by atoms with Crippen molar-refractivity contribution < 1.29 is 20.1 Å². The first-order valence-electron chi connectivity index (χ1n) is 9.37. The fraction of sp³-hybridized carbons (Fsp3) is 0.667. The van der Waals surface area contributed by atoms with E-state index in [1.165, 1.54) is 6.92 Å². The van der Waals surface area contributed by atoms with Gasteiger partial charge in [-0.05, 0) is 62.2 Å². The number of hydrogen-bond donors (Lipinski definition) is 3. The molecule has 2 fully saturated rings. The second-order valence-electron chi connectivity index (χ2n) is 8.97. The van der Waals surface area contributed by atoms with Gasteiger partial charge >= 0.3 is 0 Å². The standard InChI is InChI=1S/C21H28O4/c1-12(22)21(25)9-6-16-18-15(5-8-20(16,21)3)19(2)7-4-14(23)10-13(19)11-17(18)24/h4,7,10-11,14-16,18,23-25H,5-6,8-9H2,1-3H3/t14-,15-,16-,18+,19-,20-,21-/m0/s1. The van der Waals surface area contributed by atoms with Gasteiger partial charge in [-0.25, -0.2) is 0 Å². The van der Waals surface area contributed by atoms with Crippen molar-refractivity contribution in [3.8, 4) is 0 Å². The number of rotatable bonds is 1. The van der Waals surface area contributed by atoms with Crippen LogP contribution in [-0.2, 0) is 4.79 Å². The molecule has 0 aromatic rings. The molecular formula is C21H28O4. The number of allylic oxidation sites excluding steroid dienone is 4. The number of aliphatic hydroxyl groups is 3. The molecule has 7 atom stereocenters. The largest absolute Gasteiger partial charge is 0.512 e. The summed E-state index contributed by atoms with van der Waals surface area (Å²) in [5, 5.41) is 31.9. The highest BCUT2D eigenvalue weighted by molar-refractivity contribution is 5.86. The molecule has 2 saturated carbocycles. The van der Waals surface area contributed by atoms with E-state index in [0.717, 1.165) is 24.8 Å². The van der Waals surface area contributed by atoms with Gasteiger partial charge in [-0.3, -0.25) is 4.79 Å². The lowest BCUT2D eigenvalue weighted by atomic mass is 9.48. The van der Waals surface area contributed by atoms with Gasteiger partial charge in [0.1, 0.15) is 5.60 Å². The quantitative estimate of drug-likeness (QED) is 0.639. The molecular weight excluding hydrogens is 316 g/mol. The molecule has 3 N–H and O–H groups in total. The number of aliphatic hydroxyl groups excluding tert-OH is 2. The third-order valence-electron chi connectivity index (χ3n) is 8.03. The highest BCUT2D eigenvalue weighted by atomic mass is 16.3. The van der Waals surface area contributed by atoms with Crippen LogP contribution in [0.15, 0.2) is 35.6 Å². The minimum absolute atomic E-state index is 0.0471. The average Bonchev–Trinajstić information content (AvgIpc) is 2.82. The summed E-state index contributed by atoms with van der Waals surface area (Å²) in [5.41, 5.74) is -1.01. The summed E-state index contributed by atoms with van der Waals surface area (Å²) in [6.45, 7) is 5.70. The maximum Gasteiger partial charge on any atom is 0.161 e. The summed E-state index contributed by atoms with van der Waals surface area (Å²) >= 11 is 0. The smallest absolute Gasteiger partial charge is 0.161 e. The van der Waals surface area contributed by atoms with Crippen molar-refractivity contribution in [2.24, 2.45) is 28.6 Å². The van der Waals surface area contributed by atoms with Gasteiger partial charge in [-0.2, -0.15) is 0 Å². The van der Waals surface area contributed by atoms with Crippen LogP contribution in [0.3, 0.4) is 0 Å². The Morgan fingerprint density at radius 1 is 1.20 bits per heavy atom. The first-order chi connectivity index (χ1) is 11.6. The Labute approximate surface area is 148 Å². The Morgan fingerprint density at radius 2 is 1.88 bits per heavy atom. The van der Waals surface area contributed by atoms with E-state index in [4.69, 9.17) is 0 Å². The summed E-state index contributed by atoms with van der Waals surface area (Å²) in [6.07, 6.45) is 9.80. The number of carbonyl (C=O) groups excluding carboxylic acids is 1. The zero-order chi connectivity index (χ0) is 18.2. The molecule has 0 aromatic heterocycles. The van der Waals surface area contributed by atoms with Crippen molar-refractivity contribution in [3.05, 3.63) is 35.6 Å². The summed E-state index contributed by atoms with van der Waals surface area (Å²) in [6, 6.07) is 0. The van der Waals surface area contributed by atoms with Crippen molar-refractivity contribution in [2.75, 3.05) is 0 Å². The van der Waals surface area contributed by atoms with Crippen LogP contribution >= 0.6 is 0 Å². The zero-order valence-electron chi connectivity index (χ0n) is 15.2. The van der Waals surface area contributed by atoms with E-state index in [-0.39, 0.29) is 29.0 Å². The Hall–Kier alpha value is -1.39. The van der Waals surface area contributed by atoms with E-state index in [0.29, 0.717) is 12.2 Å². The highest BCUT2D eigenvalue weighted by Crippen LogP contribution is 2.66. The van der Waals surface area contributed by atoms with Crippen LogP contribution in [0.1, 0.15) is 46.5 Å². The van der Waals surface area contributed by atoms with E-state index in [2.05, 4.69) is 13.0 Å². The molecule has 4 nitrogen and oxygen atoms in total. The number of fused-ring (bicyclic) bond motifs is 5. The number of ketones is 1. The Balaban J connectivity index is 1.80. The molecule has 0 unspecified atom stereocenters. The van der Waals surface area contributed by atoms with Crippen LogP contribution in [0.25, 0.3) is 0 Å². The summed E-state index contributed by atoms with van der Waals surface area (Å²) in [5.74, 6) is 0.465. The normalized spacial score (nSPS) is 51.1. The lowest BCUT2D eigenvalue weighted by Gasteiger charge is -2.56. The van der Waals surface area contributed by atoms with Crippen molar-refractivity contribution in [1.82, 2.24) is 0 Å². The first kappa shape index (κ1) is 17.0. The van der Waals surface area contributed by atoms with E-state index in [1.54, 1.807) is 0 Å². The van der Waals surface area contributed by atoms with Crippen LogP contribution in [0.5, 0.6) is 0 Å². The molecule has 4 rings (SSSR count). The van der Waals surface area contributed by atoms with Crippen molar-refractivity contribution in [3.63, 3.8) is 0 Å². The Bertz CT molecular complexity index is 719. The lowest BCUT2D eigenvalue weighted by molar-refractivity contribution is -0.157. The van der Waals surface area contributed by atoms with Crippen LogP contribution in [0.2, 0.25) is 0 Å². The third-order valence-corrected chi connectivity index (χ3v) is 8.03. The molecule has 0 bridgehead atoms. The maximum atomic E-state index is 12.2. The van der Waals surface area contributed by atoms with Gasteiger partial charge in [-0.15, -0.1) is 0 Å². The predicted octanol–water partition coefficient (Wildman–Crippen LogP) is 3.07. The molecule has 0 heterocycles. The van der Waals surface area contributed by atoms with E-state index in [1.807, 2.05) is 25.2 Å². The van der Waals surface area contributed by atoms with Gasteiger partial charge < -0.3 is 15.3 Å². The van der Waals surface area contributed by atoms with Crippen LogP contribution in [0, 0.1) is 28.6 Å². The maximum absolute atomic E-state index is 12.2. The first-order valence-corrected chi connectivity index (χ1v) is 9.37. The molecule has 25 heavy (non-hydrogen) atoms. The second-order valence-corrected chi connectivity index (χ2v) is 8.97. The minimum atomic E-state index is -1.28. The zero-order valence-corrected chi connectivity index (χ0v) is 15.2. The topological polar surface area (TPSA) is 77.8 Å². The van der Waals surface area contributed by atoms with Crippen molar-refractivity contribution in [2.45, 2.75) is 58.2 Å². The van der Waals surface area contributed by atoms with Crippen molar-refractivity contribution >= 4 is 5.78 Å². The molecule has 4 aliphatic carbocycles. The molecule has 0 radical (unpaired) electrons. The predicted molar refractivity (Wildman–Crippen MR) is 94.7 cm³/mol. The van der Waals surface area contributed by atoms with Gasteiger partial charge in [0.25, 0.3) is 0 Å². The molecule has 0 saturated heterocycles. The Morgan fingerprint density at radius 3 is 2.56 bits per heavy atom. The van der Waals surface area contributed by atoms with Crippen molar-refractivity contribution in [1.29, 1.82) is 0 Å². The van der Waals surface area contributed by atoms with Gasteiger partial charge in [0.15, 0.2) is 5.78 Å². The fourth-order valence-corrected chi connectivity index (χ4v) is 6.43. The third kappa shape index (κ3) is 1.98. The molecule has 4 heteroatoms. The Kier molecular flexibility index (Phi) is 3.46. The number of Topliss-reactive ketones (excluding diaryl/α,β-unsaturated/α-hetero) is 1. The molecule has 136 valence electrons. The number of hydrogen-bond acceptors (Lipinski definition) is 4. The van der Waals surface area contributed by atoms with Crippen LogP contribution < -0.4 is 0 Å². The van der Waals surface area contributed by atoms with E-state index >= 15 is 0 Å². The van der Waals surface area contributed by atoms with E-state index < -0.39 is 17.1 Å². The van der Waals surface area contributed by atoms with Gasteiger partial charge in [0.05, 0.1) is 11.9 Å². The summed E-state index contributed by atoms with van der Waals surface area (Å²) < 4.78 is 0. The second kappa shape index (κ2) is 5.08. The molecule has 0 amide bonds. The van der Waals surface area contributed by atoms with Crippen LogP contribution in [0.4, 0.5) is 0 Å². The van der Waals surface area contributed by atoms with E-state index in [9.17, 15) is 20.1 Å².